The van der Waals surface area contributed by atoms with Crippen LogP contribution in [0.15, 0.2) is 30.3 Å². The van der Waals surface area contributed by atoms with Gasteiger partial charge in [-0.15, -0.1) is 11.3 Å². The molecule has 1 amide bonds. The smallest absolute Gasteiger partial charge is 0.225 e. The standard InChI is InChI=1S/C19H22Cl2N2O2S/c20-15-10-14(11-16(21)12-15)18-3-2-17(26-18)13-19(24)22-4-1-5-23-6-8-25-9-7-23/h2-3,10-12H,1,4-9,13H2,(H,22,24). The zero-order valence-electron chi connectivity index (χ0n) is 14.5. The number of ether oxygens (including phenoxy) is 1. The Morgan fingerprint density at radius 1 is 1.15 bits per heavy atom. The second-order valence-corrected chi connectivity index (χ2v) is 8.30. The molecule has 1 aromatic heterocycles. The van der Waals surface area contributed by atoms with Crippen molar-refractivity contribution in [3.63, 3.8) is 0 Å². The number of hydrogen-bond donors (Lipinski definition) is 1. The van der Waals surface area contributed by atoms with Gasteiger partial charge in [0.15, 0.2) is 0 Å². The molecule has 1 N–H and O–H groups in total. The van der Waals surface area contributed by atoms with Crippen LogP contribution in [0.3, 0.4) is 0 Å². The molecule has 0 aliphatic carbocycles. The molecule has 0 bridgehead atoms. The Balaban J connectivity index is 1.44. The highest BCUT2D eigenvalue weighted by molar-refractivity contribution is 7.15. The second-order valence-electron chi connectivity index (χ2n) is 6.26. The maximum Gasteiger partial charge on any atom is 0.225 e. The van der Waals surface area contributed by atoms with E-state index in [0.29, 0.717) is 23.0 Å². The van der Waals surface area contributed by atoms with Crippen molar-refractivity contribution < 1.29 is 9.53 Å². The summed E-state index contributed by atoms with van der Waals surface area (Å²) >= 11 is 13.7. The molecule has 0 spiro atoms. The number of hydrogen-bond acceptors (Lipinski definition) is 4. The van der Waals surface area contributed by atoms with Gasteiger partial charge in [-0.3, -0.25) is 9.69 Å². The van der Waals surface area contributed by atoms with Gasteiger partial charge in [-0.25, -0.2) is 0 Å². The molecule has 4 nitrogen and oxygen atoms in total. The molecule has 140 valence electrons. The lowest BCUT2D eigenvalue weighted by atomic mass is 10.2. The number of morpholine rings is 1. The van der Waals surface area contributed by atoms with E-state index < -0.39 is 0 Å². The predicted molar refractivity (Wildman–Crippen MR) is 108 cm³/mol. The molecule has 1 aromatic carbocycles. The summed E-state index contributed by atoms with van der Waals surface area (Å²) in [6.45, 7) is 5.30. The van der Waals surface area contributed by atoms with Gasteiger partial charge in [0, 0.05) is 39.4 Å². The van der Waals surface area contributed by atoms with E-state index in [1.807, 2.05) is 24.3 Å². The first-order valence-electron chi connectivity index (χ1n) is 8.72. The summed E-state index contributed by atoms with van der Waals surface area (Å²) in [6.07, 6.45) is 1.36. The van der Waals surface area contributed by atoms with Gasteiger partial charge in [0.2, 0.25) is 5.91 Å². The number of benzene rings is 1. The Morgan fingerprint density at radius 3 is 2.62 bits per heavy atom. The lowest BCUT2D eigenvalue weighted by molar-refractivity contribution is -0.120. The Labute approximate surface area is 168 Å². The summed E-state index contributed by atoms with van der Waals surface area (Å²) < 4.78 is 5.33. The number of carbonyl (C=O) groups excluding carboxylic acids is 1. The zero-order chi connectivity index (χ0) is 18.4. The minimum Gasteiger partial charge on any atom is -0.379 e. The number of nitrogens with zero attached hydrogens (tertiary/aromatic N) is 1. The number of rotatable bonds is 7. The lowest BCUT2D eigenvalue weighted by Gasteiger charge is -2.26. The summed E-state index contributed by atoms with van der Waals surface area (Å²) in [6, 6.07) is 9.48. The quantitative estimate of drug-likeness (QED) is 0.695. The maximum atomic E-state index is 12.1. The van der Waals surface area contributed by atoms with Gasteiger partial charge in [-0.05, 0) is 48.9 Å². The second kappa shape index (κ2) is 9.72. The third-order valence-corrected chi connectivity index (χ3v) is 5.79. The van der Waals surface area contributed by atoms with Crippen molar-refractivity contribution in [1.82, 2.24) is 10.2 Å². The van der Waals surface area contributed by atoms with E-state index in [2.05, 4.69) is 10.2 Å². The molecule has 2 aromatic rings. The van der Waals surface area contributed by atoms with Crippen molar-refractivity contribution in [2.24, 2.45) is 0 Å². The van der Waals surface area contributed by atoms with E-state index in [1.165, 1.54) is 0 Å². The van der Waals surface area contributed by atoms with Gasteiger partial charge >= 0.3 is 0 Å². The molecule has 1 saturated heterocycles. The van der Waals surface area contributed by atoms with Crippen molar-refractivity contribution in [2.45, 2.75) is 12.8 Å². The first-order chi connectivity index (χ1) is 12.6. The highest BCUT2D eigenvalue weighted by atomic mass is 35.5. The highest BCUT2D eigenvalue weighted by Crippen LogP contribution is 2.32. The number of halogens is 2. The summed E-state index contributed by atoms with van der Waals surface area (Å²) in [4.78, 5) is 16.6. The number of nitrogens with one attached hydrogen (secondary N) is 1. The number of amides is 1. The van der Waals surface area contributed by atoms with Crippen LogP contribution in [-0.2, 0) is 16.0 Å². The largest absolute Gasteiger partial charge is 0.379 e. The fraction of sp³-hybridized carbons (Fsp3) is 0.421. The summed E-state index contributed by atoms with van der Waals surface area (Å²) in [5.41, 5.74) is 0.977. The zero-order valence-corrected chi connectivity index (χ0v) is 16.8. The number of thiophene rings is 1. The first kappa shape index (κ1) is 19.6. The molecule has 1 fully saturated rings. The van der Waals surface area contributed by atoms with E-state index in [-0.39, 0.29) is 5.91 Å². The Morgan fingerprint density at radius 2 is 1.88 bits per heavy atom. The normalized spacial score (nSPS) is 15.2. The fourth-order valence-corrected chi connectivity index (χ4v) is 4.42. The molecule has 1 aliphatic rings. The van der Waals surface area contributed by atoms with Gasteiger partial charge in [-0.2, -0.15) is 0 Å². The SMILES string of the molecule is O=C(Cc1ccc(-c2cc(Cl)cc(Cl)c2)s1)NCCCN1CCOCC1. The molecule has 7 heteroatoms. The third-order valence-electron chi connectivity index (χ3n) is 4.22. The van der Waals surface area contributed by atoms with Crippen LogP contribution < -0.4 is 5.32 Å². The monoisotopic (exact) mass is 412 g/mol. The Hall–Kier alpha value is -1.11. The summed E-state index contributed by atoms with van der Waals surface area (Å²) in [5.74, 6) is 0.0597. The van der Waals surface area contributed by atoms with Crippen LogP contribution in [0.25, 0.3) is 10.4 Å². The van der Waals surface area contributed by atoms with Crippen LogP contribution in [0.5, 0.6) is 0 Å². The van der Waals surface area contributed by atoms with Gasteiger partial charge < -0.3 is 10.1 Å². The van der Waals surface area contributed by atoms with E-state index >= 15 is 0 Å². The first-order valence-corrected chi connectivity index (χ1v) is 10.3. The van der Waals surface area contributed by atoms with Gasteiger partial charge in [-0.1, -0.05) is 23.2 Å². The molecule has 0 unspecified atom stereocenters. The molecule has 0 radical (unpaired) electrons. The van der Waals surface area contributed by atoms with Crippen LogP contribution >= 0.6 is 34.5 Å². The Bertz CT molecular complexity index is 725. The van der Waals surface area contributed by atoms with Crippen LogP contribution in [0.4, 0.5) is 0 Å². The topological polar surface area (TPSA) is 41.6 Å². The van der Waals surface area contributed by atoms with Gasteiger partial charge in [0.25, 0.3) is 0 Å². The van der Waals surface area contributed by atoms with Crippen molar-refractivity contribution in [1.29, 1.82) is 0 Å². The van der Waals surface area contributed by atoms with Crippen molar-refractivity contribution in [3.8, 4) is 10.4 Å². The lowest BCUT2D eigenvalue weighted by Crippen LogP contribution is -2.38. The van der Waals surface area contributed by atoms with Crippen molar-refractivity contribution in [2.75, 3.05) is 39.4 Å². The van der Waals surface area contributed by atoms with Crippen LogP contribution in [-0.4, -0.2) is 50.2 Å². The van der Waals surface area contributed by atoms with E-state index in [9.17, 15) is 4.79 Å². The maximum absolute atomic E-state index is 12.1. The minimum absolute atomic E-state index is 0.0597. The molecule has 26 heavy (non-hydrogen) atoms. The minimum atomic E-state index is 0.0597. The van der Waals surface area contributed by atoms with E-state index in [4.69, 9.17) is 27.9 Å². The Kier molecular flexibility index (Phi) is 7.34. The van der Waals surface area contributed by atoms with Crippen molar-refractivity contribution >= 4 is 40.4 Å². The average Bonchev–Trinajstić information content (AvgIpc) is 3.07. The van der Waals surface area contributed by atoms with Gasteiger partial charge in [0.1, 0.15) is 0 Å². The fourth-order valence-electron chi connectivity index (χ4n) is 2.90. The summed E-state index contributed by atoms with van der Waals surface area (Å²) in [7, 11) is 0. The van der Waals surface area contributed by atoms with Gasteiger partial charge in [0.05, 0.1) is 19.6 Å². The van der Waals surface area contributed by atoms with Crippen LogP contribution in [0, 0.1) is 0 Å². The van der Waals surface area contributed by atoms with Crippen molar-refractivity contribution in [3.05, 3.63) is 45.3 Å². The van der Waals surface area contributed by atoms with Crippen LogP contribution in [0.1, 0.15) is 11.3 Å². The molecule has 1 aliphatic heterocycles. The molecule has 0 atom stereocenters. The third kappa shape index (κ3) is 5.96. The van der Waals surface area contributed by atoms with E-state index in [1.54, 1.807) is 17.4 Å². The highest BCUT2D eigenvalue weighted by Gasteiger charge is 2.11. The molecule has 0 saturated carbocycles. The average molecular weight is 413 g/mol. The molecule has 3 rings (SSSR count). The van der Waals surface area contributed by atoms with E-state index in [0.717, 1.165) is 54.6 Å². The molecular weight excluding hydrogens is 391 g/mol. The molecular formula is C19H22Cl2N2O2S. The van der Waals surface area contributed by atoms with Crippen LogP contribution in [0.2, 0.25) is 10.0 Å². The number of carbonyl (C=O) groups is 1. The summed E-state index contributed by atoms with van der Waals surface area (Å²) in [5, 5.41) is 4.23. The predicted octanol–water partition coefficient (Wildman–Crippen LogP) is 4.10. The molecule has 2 heterocycles.